The summed E-state index contributed by atoms with van der Waals surface area (Å²) in [5.74, 6) is -0.969. The van der Waals surface area contributed by atoms with E-state index in [1.807, 2.05) is 25.3 Å². The molecule has 4 amide bonds. The third-order valence-corrected chi connectivity index (χ3v) is 5.06. The van der Waals surface area contributed by atoms with Crippen LogP contribution in [0.3, 0.4) is 0 Å². The lowest BCUT2D eigenvalue weighted by molar-refractivity contribution is -0.137. The maximum Gasteiger partial charge on any atom is 0.328 e. The molecular formula is C17H23N5O3. The van der Waals surface area contributed by atoms with Crippen molar-refractivity contribution >= 4 is 17.8 Å². The number of hydrogen-bond donors (Lipinski definition) is 1. The largest absolute Gasteiger partial charge is 0.368 e. The Morgan fingerprint density at radius 3 is 2.60 bits per heavy atom. The molecule has 8 heteroatoms. The first-order valence-electron chi connectivity index (χ1n) is 8.51. The van der Waals surface area contributed by atoms with E-state index < -0.39 is 17.5 Å². The topological polar surface area (TPSA) is 99.8 Å². The van der Waals surface area contributed by atoms with Crippen LogP contribution in [0, 0.1) is 0 Å². The van der Waals surface area contributed by atoms with Crippen LogP contribution in [-0.4, -0.2) is 69.2 Å². The van der Waals surface area contributed by atoms with E-state index in [1.54, 1.807) is 11.1 Å². The third kappa shape index (κ3) is 3.09. The number of piperidine rings is 1. The van der Waals surface area contributed by atoms with Gasteiger partial charge in [-0.15, -0.1) is 0 Å². The summed E-state index contributed by atoms with van der Waals surface area (Å²) in [5.41, 5.74) is 5.47. The molecule has 0 unspecified atom stereocenters. The number of primary amides is 1. The molecule has 0 saturated carbocycles. The van der Waals surface area contributed by atoms with E-state index in [4.69, 9.17) is 5.73 Å². The van der Waals surface area contributed by atoms with Gasteiger partial charge in [0.2, 0.25) is 5.91 Å². The lowest BCUT2D eigenvalue weighted by Crippen LogP contribution is -2.56. The monoisotopic (exact) mass is 345 g/mol. The summed E-state index contributed by atoms with van der Waals surface area (Å²) >= 11 is 0. The molecule has 0 aliphatic carbocycles. The van der Waals surface area contributed by atoms with E-state index in [1.165, 1.54) is 0 Å². The first-order chi connectivity index (χ1) is 12.0. The molecule has 2 fully saturated rings. The highest BCUT2D eigenvalue weighted by Crippen LogP contribution is 2.37. The molecule has 2 N–H and O–H groups in total. The van der Waals surface area contributed by atoms with Crippen LogP contribution in [0.15, 0.2) is 24.5 Å². The number of urea groups is 1. The predicted molar refractivity (Wildman–Crippen MR) is 90.2 cm³/mol. The van der Waals surface area contributed by atoms with Crippen LogP contribution < -0.4 is 5.73 Å². The molecule has 25 heavy (non-hydrogen) atoms. The maximum absolute atomic E-state index is 12.9. The molecule has 0 bridgehead atoms. The second kappa shape index (κ2) is 6.79. The zero-order chi connectivity index (χ0) is 18.0. The highest BCUT2D eigenvalue weighted by Gasteiger charge is 2.57. The molecule has 134 valence electrons. The van der Waals surface area contributed by atoms with Gasteiger partial charge in [-0.2, -0.15) is 0 Å². The minimum absolute atomic E-state index is 0.292. The molecule has 0 aromatic carbocycles. The summed E-state index contributed by atoms with van der Waals surface area (Å²) in [6.45, 7) is 4.10. The van der Waals surface area contributed by atoms with Crippen LogP contribution in [0.2, 0.25) is 0 Å². The second-order valence-electron chi connectivity index (χ2n) is 6.55. The van der Waals surface area contributed by atoms with Crippen molar-refractivity contribution in [2.24, 2.45) is 5.73 Å². The summed E-state index contributed by atoms with van der Waals surface area (Å²) in [6, 6.07) is 3.52. The Balaban J connectivity index is 1.72. The van der Waals surface area contributed by atoms with Crippen molar-refractivity contribution in [3.05, 3.63) is 30.1 Å². The Morgan fingerprint density at radius 2 is 2.04 bits per heavy atom. The van der Waals surface area contributed by atoms with Crippen molar-refractivity contribution in [1.82, 2.24) is 19.7 Å². The van der Waals surface area contributed by atoms with Gasteiger partial charge in [0, 0.05) is 38.6 Å². The van der Waals surface area contributed by atoms with Crippen LogP contribution in [0.25, 0.3) is 0 Å². The summed E-state index contributed by atoms with van der Waals surface area (Å²) in [7, 11) is 0. The number of pyridine rings is 1. The van der Waals surface area contributed by atoms with Crippen molar-refractivity contribution in [3.63, 3.8) is 0 Å². The number of likely N-dealkylation sites (N-methyl/N-ethyl adjacent to an activating group) is 1. The van der Waals surface area contributed by atoms with Crippen LogP contribution in [0.4, 0.5) is 4.79 Å². The molecule has 2 aliphatic heterocycles. The van der Waals surface area contributed by atoms with Gasteiger partial charge in [-0.1, -0.05) is 6.07 Å². The quantitative estimate of drug-likeness (QED) is 0.768. The van der Waals surface area contributed by atoms with E-state index in [0.717, 1.165) is 17.0 Å². The number of rotatable bonds is 5. The molecule has 0 radical (unpaired) electrons. The zero-order valence-electron chi connectivity index (χ0n) is 14.4. The predicted octanol–water partition coefficient (Wildman–Crippen LogP) is 0.186. The summed E-state index contributed by atoms with van der Waals surface area (Å²) in [6.07, 6.45) is 4.69. The van der Waals surface area contributed by atoms with Crippen LogP contribution in [-0.2, 0) is 16.1 Å². The molecule has 3 heterocycles. The number of nitrogens with zero attached hydrogens (tertiary/aromatic N) is 4. The highest BCUT2D eigenvalue weighted by atomic mass is 16.2. The van der Waals surface area contributed by atoms with E-state index in [-0.39, 0.29) is 12.5 Å². The van der Waals surface area contributed by atoms with Crippen molar-refractivity contribution in [2.45, 2.75) is 31.8 Å². The second-order valence-corrected chi connectivity index (χ2v) is 6.55. The van der Waals surface area contributed by atoms with Crippen molar-refractivity contribution < 1.29 is 14.4 Å². The molecule has 3 rings (SSSR count). The van der Waals surface area contributed by atoms with Crippen molar-refractivity contribution in [2.75, 3.05) is 26.2 Å². The molecule has 0 atom stereocenters. The number of amides is 4. The van der Waals surface area contributed by atoms with Gasteiger partial charge in [-0.05, 0) is 31.4 Å². The van der Waals surface area contributed by atoms with Gasteiger partial charge >= 0.3 is 6.03 Å². The van der Waals surface area contributed by atoms with Gasteiger partial charge in [0.15, 0.2) is 0 Å². The molecule has 2 aliphatic rings. The number of imide groups is 1. The first kappa shape index (κ1) is 17.3. The molecule has 1 aromatic rings. The number of nitrogens with two attached hydrogens (primary N) is 1. The highest BCUT2D eigenvalue weighted by molar-refractivity contribution is 6.09. The van der Waals surface area contributed by atoms with Crippen LogP contribution in [0.1, 0.15) is 25.3 Å². The fourth-order valence-electron chi connectivity index (χ4n) is 3.83. The fraction of sp³-hybridized carbons (Fsp3) is 0.529. The number of likely N-dealkylation sites (tertiary alicyclic amines) is 1. The minimum atomic E-state index is -0.841. The van der Waals surface area contributed by atoms with E-state index in [9.17, 15) is 14.4 Å². The van der Waals surface area contributed by atoms with E-state index >= 15 is 0 Å². The Hall–Kier alpha value is -2.48. The zero-order valence-corrected chi connectivity index (χ0v) is 14.4. The molecular weight excluding hydrogens is 322 g/mol. The number of hydrogen-bond acceptors (Lipinski definition) is 5. The van der Waals surface area contributed by atoms with Gasteiger partial charge in [0.25, 0.3) is 5.91 Å². The molecule has 1 aromatic heterocycles. The first-order valence-corrected chi connectivity index (χ1v) is 8.51. The smallest absolute Gasteiger partial charge is 0.328 e. The summed E-state index contributed by atoms with van der Waals surface area (Å²) in [5, 5.41) is 0. The Labute approximate surface area is 146 Å². The summed E-state index contributed by atoms with van der Waals surface area (Å²) in [4.78, 5) is 45.6. The van der Waals surface area contributed by atoms with Gasteiger partial charge < -0.3 is 10.6 Å². The molecule has 2 saturated heterocycles. The SMILES string of the molecule is CCN1C(=O)N(CC(N)=O)C(=O)C12CCN(Cc1cccnc1)CC2. The van der Waals surface area contributed by atoms with Crippen LogP contribution >= 0.6 is 0 Å². The average molecular weight is 345 g/mol. The normalized spacial score (nSPS) is 20.5. The minimum Gasteiger partial charge on any atom is -0.368 e. The third-order valence-electron chi connectivity index (χ3n) is 5.06. The number of aromatic nitrogens is 1. The molecule has 1 spiro atoms. The Kier molecular flexibility index (Phi) is 4.71. The Bertz CT molecular complexity index is 670. The summed E-state index contributed by atoms with van der Waals surface area (Å²) < 4.78 is 0. The van der Waals surface area contributed by atoms with E-state index in [0.29, 0.717) is 32.5 Å². The Morgan fingerprint density at radius 1 is 1.32 bits per heavy atom. The standard InChI is InChI=1S/C17H23N5O3/c1-2-22-16(25)21(12-14(18)23)15(24)17(22)5-8-20(9-6-17)11-13-4-3-7-19-10-13/h3-4,7,10H,2,5-6,8-9,11-12H2,1H3,(H2,18,23). The average Bonchev–Trinajstić information content (AvgIpc) is 2.79. The van der Waals surface area contributed by atoms with Crippen molar-refractivity contribution in [1.29, 1.82) is 0 Å². The van der Waals surface area contributed by atoms with Crippen molar-refractivity contribution in [3.8, 4) is 0 Å². The van der Waals surface area contributed by atoms with Gasteiger partial charge in [-0.25, -0.2) is 4.79 Å². The number of carbonyl (C=O) groups is 3. The van der Waals surface area contributed by atoms with E-state index in [2.05, 4.69) is 9.88 Å². The maximum atomic E-state index is 12.9. The molecule has 8 nitrogen and oxygen atoms in total. The van der Waals surface area contributed by atoms with Crippen LogP contribution in [0.5, 0.6) is 0 Å². The lowest BCUT2D eigenvalue weighted by Gasteiger charge is -2.41. The number of carbonyl (C=O) groups excluding carboxylic acids is 3. The lowest BCUT2D eigenvalue weighted by atomic mass is 9.85. The van der Waals surface area contributed by atoms with Gasteiger partial charge in [-0.3, -0.25) is 24.4 Å². The van der Waals surface area contributed by atoms with Gasteiger partial charge in [0.05, 0.1) is 0 Å². The van der Waals surface area contributed by atoms with Gasteiger partial charge in [0.1, 0.15) is 12.1 Å². The fourth-order valence-corrected chi connectivity index (χ4v) is 3.83.